The Hall–Kier alpha value is -5.12. The Balaban J connectivity index is 0.00000162. The predicted molar refractivity (Wildman–Crippen MR) is 160 cm³/mol. The zero-order valence-electron chi connectivity index (χ0n) is 24.6. The molecule has 0 fully saturated rings. The van der Waals surface area contributed by atoms with Crippen molar-refractivity contribution < 1.29 is 46.1 Å². The highest BCUT2D eigenvalue weighted by Crippen LogP contribution is 2.41. The normalized spacial score (nSPS) is 10.6. The molecule has 0 saturated carbocycles. The highest BCUT2D eigenvalue weighted by Gasteiger charge is 2.37. The Morgan fingerprint density at radius 2 is 0.886 bits per heavy atom. The van der Waals surface area contributed by atoms with E-state index in [1.807, 2.05) is 27.7 Å². The van der Waals surface area contributed by atoms with Gasteiger partial charge in [-0.15, -0.1) is 0 Å². The second kappa shape index (κ2) is 15.9. The number of halogens is 4. The average molecular weight is 613 g/mol. The van der Waals surface area contributed by atoms with Gasteiger partial charge in [-0.05, 0) is 60.7 Å². The first-order valence-electron chi connectivity index (χ1n) is 13.6. The molecule has 0 saturated heterocycles. The number of ether oxygens (including phenoxy) is 4. The largest absolute Gasteiger partial charge is 0.428 e. The molecule has 0 N–H and O–H groups in total. The summed E-state index contributed by atoms with van der Waals surface area (Å²) < 4.78 is 79.9. The van der Waals surface area contributed by atoms with Gasteiger partial charge in [0.15, 0.2) is 0 Å². The summed E-state index contributed by atoms with van der Waals surface area (Å²) in [6, 6.07) is 16.9. The molecule has 0 bridgehead atoms. The van der Waals surface area contributed by atoms with Gasteiger partial charge >= 0.3 is 24.2 Å². The molecule has 4 aromatic rings. The van der Waals surface area contributed by atoms with Crippen LogP contribution in [0.25, 0.3) is 10.8 Å². The predicted octanol–water partition coefficient (Wildman–Crippen LogP) is 9.33. The van der Waals surface area contributed by atoms with Gasteiger partial charge in [-0.25, -0.2) is 9.59 Å². The molecule has 0 aliphatic carbocycles. The van der Waals surface area contributed by atoms with E-state index >= 15 is 17.6 Å². The summed E-state index contributed by atoms with van der Waals surface area (Å²) in [5, 5.41) is 0.192. The summed E-state index contributed by atoms with van der Waals surface area (Å²) >= 11 is 0. The number of esters is 2. The molecular weight excluding hydrogens is 580 g/mol. The first-order chi connectivity index (χ1) is 21.0. The van der Waals surface area contributed by atoms with E-state index in [1.165, 1.54) is 48.5 Å². The van der Waals surface area contributed by atoms with Crippen molar-refractivity contribution in [3.8, 4) is 23.0 Å². The van der Waals surface area contributed by atoms with Crippen molar-refractivity contribution in [2.75, 3.05) is 0 Å². The molecule has 0 aliphatic rings. The fourth-order valence-electron chi connectivity index (χ4n) is 3.57. The number of fused-ring (bicyclic) bond motifs is 1. The molecule has 10 heteroatoms. The van der Waals surface area contributed by atoms with Gasteiger partial charge in [0.2, 0.25) is 0 Å². The van der Waals surface area contributed by atoms with Crippen LogP contribution in [0.4, 0.5) is 17.6 Å². The van der Waals surface area contributed by atoms with Crippen LogP contribution in [0.1, 0.15) is 38.8 Å². The Kier molecular flexibility index (Phi) is 12.7. The summed E-state index contributed by atoms with van der Waals surface area (Å²) in [4.78, 5) is 22.6. The fraction of sp³-hybridized carbons (Fsp3) is 0.176. The molecule has 0 aliphatic heterocycles. The molecule has 0 heterocycles. The zero-order chi connectivity index (χ0) is 32.9. The van der Waals surface area contributed by atoms with Crippen LogP contribution in [0.5, 0.6) is 23.0 Å². The molecule has 6 nitrogen and oxygen atoms in total. The quantitative estimate of drug-likeness (QED) is 0.0769. The van der Waals surface area contributed by atoms with E-state index in [1.54, 1.807) is 0 Å². The number of alkyl halides is 4. The van der Waals surface area contributed by atoms with E-state index in [9.17, 15) is 9.59 Å². The van der Waals surface area contributed by atoms with E-state index in [-0.39, 0.29) is 33.8 Å². The van der Waals surface area contributed by atoms with Crippen LogP contribution in [0.3, 0.4) is 0 Å². The zero-order valence-corrected chi connectivity index (χ0v) is 24.6. The summed E-state index contributed by atoms with van der Waals surface area (Å²) in [5.41, 5.74) is -1.08. The number of carbonyl (C=O) groups is 2. The SMILES string of the molecule is C=CC(=O)Oc1ccc(C(F)(F)Oc2ccc(OC(F)(F)c3ccc(OC(=O)C=C)cc3)c3ccccc23)cc1.CC.CC. The highest BCUT2D eigenvalue weighted by molar-refractivity contribution is 5.93. The Morgan fingerprint density at radius 1 is 0.568 bits per heavy atom. The van der Waals surface area contributed by atoms with Gasteiger partial charge in [0.25, 0.3) is 0 Å². The maximum atomic E-state index is 15.0. The van der Waals surface area contributed by atoms with E-state index in [4.69, 9.17) is 18.9 Å². The Bertz CT molecular complexity index is 1450. The fourth-order valence-corrected chi connectivity index (χ4v) is 3.57. The third-order valence-corrected chi connectivity index (χ3v) is 5.47. The summed E-state index contributed by atoms with van der Waals surface area (Å²) in [6.45, 7) is 14.5. The van der Waals surface area contributed by atoms with E-state index in [0.29, 0.717) is 0 Å². The van der Waals surface area contributed by atoms with Crippen LogP contribution < -0.4 is 18.9 Å². The van der Waals surface area contributed by atoms with Crippen LogP contribution in [0.2, 0.25) is 0 Å². The monoisotopic (exact) mass is 612 g/mol. The van der Waals surface area contributed by atoms with E-state index in [2.05, 4.69) is 13.2 Å². The van der Waals surface area contributed by atoms with Crippen molar-refractivity contribution in [1.82, 2.24) is 0 Å². The maximum absolute atomic E-state index is 15.0. The molecule has 44 heavy (non-hydrogen) atoms. The number of hydrogen-bond donors (Lipinski definition) is 0. The lowest BCUT2D eigenvalue weighted by molar-refractivity contribution is -0.186. The molecule has 4 rings (SSSR count). The lowest BCUT2D eigenvalue weighted by Crippen LogP contribution is -2.23. The molecule has 0 radical (unpaired) electrons. The standard InChI is InChI=1S/C30H20F4O6.2C2H6/c1-3-27(35)37-21-13-9-19(10-14-21)29(31,32)39-25-17-18-26(24-8-6-5-7-23(24)25)40-30(33,34)20-11-15-22(16-12-20)38-28(36)4-2;2*1-2/h3-18H,1-2H2;2*1-2H3. The van der Waals surface area contributed by atoms with Gasteiger partial charge in [-0.3, -0.25) is 0 Å². The molecule has 0 unspecified atom stereocenters. The minimum atomic E-state index is -3.83. The summed E-state index contributed by atoms with van der Waals surface area (Å²) in [5.74, 6) is -2.00. The van der Waals surface area contributed by atoms with Gasteiger partial charge in [-0.2, -0.15) is 17.6 Å². The van der Waals surface area contributed by atoms with Crippen LogP contribution in [-0.2, 0) is 21.8 Å². The van der Waals surface area contributed by atoms with Gasteiger partial charge in [0.1, 0.15) is 23.0 Å². The van der Waals surface area contributed by atoms with E-state index in [0.717, 1.165) is 48.6 Å². The molecule has 0 atom stereocenters. The third kappa shape index (κ3) is 8.94. The molecule has 232 valence electrons. The smallest absolute Gasteiger partial charge is 0.426 e. The van der Waals surface area contributed by atoms with Crippen molar-refractivity contribution in [3.63, 3.8) is 0 Å². The van der Waals surface area contributed by atoms with Crippen molar-refractivity contribution in [2.24, 2.45) is 0 Å². The number of benzene rings is 4. The minimum Gasteiger partial charge on any atom is -0.428 e. The van der Waals surface area contributed by atoms with E-state index < -0.39 is 35.3 Å². The first-order valence-corrected chi connectivity index (χ1v) is 13.6. The van der Waals surface area contributed by atoms with Crippen LogP contribution >= 0.6 is 0 Å². The van der Waals surface area contributed by atoms with Crippen molar-refractivity contribution in [2.45, 2.75) is 39.9 Å². The third-order valence-electron chi connectivity index (χ3n) is 5.47. The van der Waals surface area contributed by atoms with Gasteiger partial charge in [0.05, 0.1) is 11.1 Å². The molecule has 0 aromatic heterocycles. The number of hydrogen-bond acceptors (Lipinski definition) is 6. The minimum absolute atomic E-state index is 0.0322. The lowest BCUT2D eigenvalue weighted by atomic mass is 10.1. The average Bonchev–Trinajstić information content (AvgIpc) is 3.04. The molecule has 0 spiro atoms. The van der Waals surface area contributed by atoms with Gasteiger partial charge in [-0.1, -0.05) is 65.1 Å². The van der Waals surface area contributed by atoms with Crippen molar-refractivity contribution in [3.05, 3.63) is 121 Å². The van der Waals surface area contributed by atoms with Crippen LogP contribution in [-0.4, -0.2) is 11.9 Å². The highest BCUT2D eigenvalue weighted by atomic mass is 19.3. The Labute approximate surface area is 253 Å². The van der Waals surface area contributed by atoms with Crippen molar-refractivity contribution >= 4 is 22.7 Å². The maximum Gasteiger partial charge on any atom is 0.426 e. The number of carbonyl (C=O) groups excluding carboxylic acids is 2. The topological polar surface area (TPSA) is 71.1 Å². The number of rotatable bonds is 10. The van der Waals surface area contributed by atoms with Gasteiger partial charge < -0.3 is 18.9 Å². The molecule has 4 aromatic carbocycles. The van der Waals surface area contributed by atoms with Gasteiger partial charge in [0, 0.05) is 22.9 Å². The molecular formula is C34H32F4O6. The van der Waals surface area contributed by atoms with Crippen LogP contribution in [0, 0.1) is 0 Å². The van der Waals surface area contributed by atoms with Crippen LogP contribution in [0.15, 0.2) is 110 Å². The lowest BCUT2D eigenvalue weighted by Gasteiger charge is -2.22. The summed E-state index contributed by atoms with van der Waals surface area (Å²) in [6.07, 6.45) is -5.79. The second-order valence-electron chi connectivity index (χ2n) is 8.14. The molecule has 0 amide bonds. The Morgan fingerprint density at radius 3 is 1.18 bits per heavy atom. The van der Waals surface area contributed by atoms with Crippen molar-refractivity contribution in [1.29, 1.82) is 0 Å². The first kappa shape index (κ1) is 35.1. The summed E-state index contributed by atoms with van der Waals surface area (Å²) in [7, 11) is 0. The second-order valence-corrected chi connectivity index (χ2v) is 8.14.